The zero-order valence-electron chi connectivity index (χ0n) is 16.1. The van der Waals surface area contributed by atoms with Crippen LogP contribution in [0.5, 0.6) is 0 Å². The van der Waals surface area contributed by atoms with Gasteiger partial charge in [-0.2, -0.15) is 5.26 Å². The number of hydrogen-bond donors (Lipinski definition) is 1. The van der Waals surface area contributed by atoms with Crippen LogP contribution < -0.4 is 5.32 Å². The van der Waals surface area contributed by atoms with Gasteiger partial charge in [0.05, 0.1) is 29.5 Å². The van der Waals surface area contributed by atoms with Gasteiger partial charge in [-0.25, -0.2) is 4.98 Å². The van der Waals surface area contributed by atoms with Crippen molar-refractivity contribution in [2.24, 2.45) is 0 Å². The summed E-state index contributed by atoms with van der Waals surface area (Å²) in [6.07, 6.45) is 0.878. The van der Waals surface area contributed by atoms with Crippen LogP contribution in [-0.2, 0) is 16.1 Å². The first-order chi connectivity index (χ1) is 13.5. The lowest BCUT2D eigenvalue weighted by atomic mass is 10.2. The third-order valence-electron chi connectivity index (χ3n) is 4.26. The van der Waals surface area contributed by atoms with Crippen LogP contribution in [-0.4, -0.2) is 46.8 Å². The second-order valence-corrected chi connectivity index (χ2v) is 8.90. The number of amides is 1. The van der Waals surface area contributed by atoms with Crippen molar-refractivity contribution in [3.05, 3.63) is 40.9 Å². The number of nitriles is 1. The first-order valence-corrected chi connectivity index (χ1v) is 11.1. The van der Waals surface area contributed by atoms with E-state index in [1.54, 1.807) is 23.9 Å². The number of thioether (sulfide) groups is 1. The Morgan fingerprint density at radius 1 is 1.36 bits per heavy atom. The van der Waals surface area contributed by atoms with E-state index in [-0.39, 0.29) is 18.1 Å². The van der Waals surface area contributed by atoms with E-state index in [2.05, 4.69) is 35.1 Å². The average Bonchev–Trinajstić information content (AvgIpc) is 3.08. The number of ether oxygens (including phenoxy) is 1. The van der Waals surface area contributed by atoms with Crippen molar-refractivity contribution in [1.29, 1.82) is 5.26 Å². The molecular weight excluding hydrogens is 392 g/mol. The van der Waals surface area contributed by atoms with E-state index in [1.807, 2.05) is 17.5 Å². The molecule has 1 aromatic heterocycles. The molecule has 3 rings (SSSR count). The molecule has 8 heteroatoms. The van der Waals surface area contributed by atoms with Gasteiger partial charge in [-0.05, 0) is 38.1 Å². The molecular formula is C20H24N4O2S2. The molecule has 6 nitrogen and oxygen atoms in total. The van der Waals surface area contributed by atoms with E-state index in [9.17, 15) is 4.79 Å². The maximum Gasteiger partial charge on any atom is 0.226 e. The molecule has 2 heterocycles. The molecule has 0 radical (unpaired) electrons. The Hall–Kier alpha value is -1.92. The average molecular weight is 417 g/mol. The van der Waals surface area contributed by atoms with Crippen molar-refractivity contribution < 1.29 is 9.53 Å². The molecule has 28 heavy (non-hydrogen) atoms. The van der Waals surface area contributed by atoms with Crippen LogP contribution in [0, 0.1) is 11.3 Å². The Kier molecular flexibility index (Phi) is 7.45. The van der Waals surface area contributed by atoms with Crippen molar-refractivity contribution in [3.63, 3.8) is 0 Å². The Bertz CT molecular complexity index is 821. The first kappa shape index (κ1) is 20.8. The largest absolute Gasteiger partial charge is 0.373 e. The van der Waals surface area contributed by atoms with Gasteiger partial charge in [-0.3, -0.25) is 9.69 Å². The topological polar surface area (TPSA) is 78.3 Å². The molecule has 1 amide bonds. The molecule has 0 aliphatic carbocycles. The van der Waals surface area contributed by atoms with Crippen LogP contribution in [0.4, 0.5) is 5.13 Å². The number of hydrogen-bond acceptors (Lipinski definition) is 7. The third kappa shape index (κ3) is 6.31. The second-order valence-electron chi connectivity index (χ2n) is 6.88. The molecule has 1 N–H and O–H groups in total. The number of anilines is 1. The molecule has 1 aliphatic rings. The fourth-order valence-corrected chi connectivity index (χ4v) is 4.72. The van der Waals surface area contributed by atoms with Gasteiger partial charge in [0.2, 0.25) is 5.91 Å². The number of nitrogens with one attached hydrogen (secondary N) is 1. The zero-order valence-corrected chi connectivity index (χ0v) is 17.7. The molecule has 2 aromatic rings. The highest BCUT2D eigenvalue weighted by molar-refractivity contribution is 7.99. The van der Waals surface area contributed by atoms with E-state index in [1.165, 1.54) is 11.3 Å². The lowest BCUT2D eigenvalue weighted by Gasteiger charge is -2.34. The van der Waals surface area contributed by atoms with Gasteiger partial charge >= 0.3 is 0 Å². The lowest BCUT2D eigenvalue weighted by Crippen LogP contribution is -2.44. The second kappa shape index (κ2) is 10.0. The van der Waals surface area contributed by atoms with Crippen LogP contribution in [0.25, 0.3) is 0 Å². The summed E-state index contributed by atoms with van der Waals surface area (Å²) in [5.74, 6) is 0.648. The summed E-state index contributed by atoms with van der Waals surface area (Å²) in [7, 11) is 0. The maximum absolute atomic E-state index is 12.2. The molecule has 2 unspecified atom stereocenters. The lowest BCUT2D eigenvalue weighted by molar-refractivity contribution is -0.115. The number of nitrogens with zero attached hydrogens (tertiary/aromatic N) is 3. The van der Waals surface area contributed by atoms with Gasteiger partial charge in [0.1, 0.15) is 0 Å². The van der Waals surface area contributed by atoms with Crippen LogP contribution in [0.1, 0.15) is 31.5 Å². The fraction of sp³-hybridized carbons (Fsp3) is 0.450. The van der Waals surface area contributed by atoms with Gasteiger partial charge in [0.25, 0.3) is 0 Å². The van der Waals surface area contributed by atoms with Crippen LogP contribution in [0.2, 0.25) is 0 Å². The smallest absolute Gasteiger partial charge is 0.226 e. The Morgan fingerprint density at radius 2 is 2.07 bits per heavy atom. The SMILES string of the molecule is CC1CN(Cc2csc(NC(=O)CCSc3ccc(C#N)cc3)n2)CC(C)O1. The summed E-state index contributed by atoms with van der Waals surface area (Å²) in [6.45, 7) is 6.75. The van der Waals surface area contributed by atoms with E-state index in [4.69, 9.17) is 10.00 Å². The number of thiazole rings is 1. The molecule has 1 saturated heterocycles. The third-order valence-corrected chi connectivity index (χ3v) is 6.08. The molecule has 2 atom stereocenters. The summed E-state index contributed by atoms with van der Waals surface area (Å²) in [4.78, 5) is 20.1. The Labute approximate surface area is 173 Å². The Morgan fingerprint density at radius 3 is 2.75 bits per heavy atom. The zero-order chi connectivity index (χ0) is 19.9. The minimum atomic E-state index is -0.0318. The molecule has 0 spiro atoms. The maximum atomic E-state index is 12.2. The summed E-state index contributed by atoms with van der Waals surface area (Å²) < 4.78 is 5.76. The van der Waals surface area contributed by atoms with Gasteiger partial charge in [0.15, 0.2) is 5.13 Å². The highest BCUT2D eigenvalue weighted by atomic mass is 32.2. The van der Waals surface area contributed by atoms with Gasteiger partial charge in [-0.15, -0.1) is 23.1 Å². The number of morpholine rings is 1. The van der Waals surface area contributed by atoms with Gasteiger partial charge < -0.3 is 10.1 Å². The minimum Gasteiger partial charge on any atom is -0.373 e. The van der Waals surface area contributed by atoms with Crippen LogP contribution >= 0.6 is 23.1 Å². The number of benzene rings is 1. The van der Waals surface area contributed by atoms with Crippen molar-refractivity contribution in [2.75, 3.05) is 24.2 Å². The summed E-state index contributed by atoms with van der Waals surface area (Å²) in [6, 6.07) is 9.48. The van der Waals surface area contributed by atoms with Crippen molar-refractivity contribution in [3.8, 4) is 6.07 Å². The number of aromatic nitrogens is 1. The molecule has 1 aliphatic heterocycles. The summed E-state index contributed by atoms with van der Waals surface area (Å²) in [5, 5.41) is 14.4. The van der Waals surface area contributed by atoms with Crippen molar-refractivity contribution in [1.82, 2.24) is 9.88 Å². The monoisotopic (exact) mass is 416 g/mol. The number of rotatable bonds is 7. The molecule has 1 fully saturated rings. The standard InChI is InChI=1S/C20H24N4O2S2/c1-14-10-24(11-15(2)26-14)12-17-13-28-20(22-17)23-19(25)7-8-27-18-5-3-16(9-21)4-6-18/h3-6,13-15H,7-8,10-12H2,1-2H3,(H,22,23,25). The number of carbonyl (C=O) groups excluding carboxylic acids is 1. The molecule has 0 saturated carbocycles. The van der Waals surface area contributed by atoms with Crippen LogP contribution in [0.3, 0.4) is 0 Å². The van der Waals surface area contributed by atoms with E-state index >= 15 is 0 Å². The van der Waals surface area contributed by atoms with E-state index < -0.39 is 0 Å². The van der Waals surface area contributed by atoms with E-state index in [0.717, 1.165) is 30.2 Å². The molecule has 0 bridgehead atoms. The summed E-state index contributed by atoms with van der Waals surface area (Å²) in [5.41, 5.74) is 1.62. The van der Waals surface area contributed by atoms with Crippen molar-refractivity contribution in [2.45, 2.75) is 43.9 Å². The quantitative estimate of drug-likeness (QED) is 0.693. The van der Waals surface area contributed by atoms with Gasteiger partial charge in [0, 0.05) is 42.1 Å². The predicted molar refractivity (Wildman–Crippen MR) is 113 cm³/mol. The van der Waals surface area contributed by atoms with Crippen molar-refractivity contribution >= 4 is 34.1 Å². The predicted octanol–water partition coefficient (Wildman–Crippen LogP) is 3.74. The van der Waals surface area contributed by atoms with E-state index in [0.29, 0.717) is 22.9 Å². The highest BCUT2D eigenvalue weighted by Crippen LogP contribution is 2.21. The van der Waals surface area contributed by atoms with Crippen LogP contribution in [0.15, 0.2) is 34.5 Å². The summed E-state index contributed by atoms with van der Waals surface area (Å²) >= 11 is 3.07. The molecule has 1 aromatic carbocycles. The first-order valence-electron chi connectivity index (χ1n) is 9.27. The highest BCUT2D eigenvalue weighted by Gasteiger charge is 2.22. The fourth-order valence-electron chi connectivity index (χ4n) is 3.15. The van der Waals surface area contributed by atoms with Gasteiger partial charge in [-0.1, -0.05) is 0 Å². The minimum absolute atomic E-state index is 0.0318. The number of carbonyl (C=O) groups is 1. The Balaban J connectivity index is 1.41. The molecule has 148 valence electrons. The normalized spacial score (nSPS) is 19.9.